The van der Waals surface area contributed by atoms with E-state index >= 15 is 0 Å². The van der Waals surface area contributed by atoms with E-state index in [9.17, 15) is 14.9 Å². The number of pyridine rings is 1. The van der Waals surface area contributed by atoms with Crippen LogP contribution in [0.4, 0.5) is 5.69 Å². The van der Waals surface area contributed by atoms with Crippen LogP contribution in [-0.4, -0.2) is 22.7 Å². The fourth-order valence-electron chi connectivity index (χ4n) is 4.39. The fourth-order valence-corrected chi connectivity index (χ4v) is 4.39. The molecule has 206 valence electrons. The molecule has 0 unspecified atom stereocenters. The molecule has 0 amide bonds. The Labute approximate surface area is 222 Å². The van der Waals surface area contributed by atoms with Gasteiger partial charge in [0.25, 0.3) is 11.2 Å². The number of rotatable bonds is 19. The number of aryl methyl sites for hydroxylation is 1. The van der Waals surface area contributed by atoms with Crippen molar-refractivity contribution >= 4 is 16.6 Å². The highest BCUT2D eigenvalue weighted by molar-refractivity contribution is 5.89. The highest BCUT2D eigenvalue weighted by Crippen LogP contribution is 2.35. The Bertz CT molecular complexity index is 1070. The number of unbranched alkanes of at least 4 members (excludes halogenated alkanes) is 10. The topological polar surface area (TPSA) is 83.6 Å². The standard InChI is InChI=1S/C30H46N2O5/c1-5-7-9-11-13-15-20-31-27-23-25(32(34)35)17-18-26(27)28(37-22-19-24(3)4)29(30(31)33)36-21-16-14-12-10-8-6-2/h17-19,23H,5-16,20-22H2,1-4H3. The van der Waals surface area contributed by atoms with Crippen molar-refractivity contribution in [2.45, 2.75) is 111 Å². The molecule has 0 N–H and O–H groups in total. The van der Waals surface area contributed by atoms with Gasteiger partial charge in [-0.05, 0) is 38.8 Å². The summed E-state index contributed by atoms with van der Waals surface area (Å²) in [5.41, 5.74) is 1.30. The number of hydrogen-bond donors (Lipinski definition) is 0. The zero-order valence-corrected chi connectivity index (χ0v) is 23.4. The van der Waals surface area contributed by atoms with Gasteiger partial charge in [-0.1, -0.05) is 83.6 Å². The lowest BCUT2D eigenvalue weighted by atomic mass is 10.1. The second-order valence-corrected chi connectivity index (χ2v) is 10.1. The lowest BCUT2D eigenvalue weighted by Crippen LogP contribution is -2.24. The van der Waals surface area contributed by atoms with Crippen LogP contribution in [0, 0.1) is 10.1 Å². The Balaban J connectivity index is 2.41. The highest BCUT2D eigenvalue weighted by Gasteiger charge is 2.21. The minimum Gasteiger partial charge on any atom is -0.485 e. The summed E-state index contributed by atoms with van der Waals surface area (Å²) in [6, 6.07) is 4.63. The number of allylic oxidation sites excluding steroid dienone is 1. The molecule has 0 aliphatic carbocycles. The molecule has 0 saturated heterocycles. The van der Waals surface area contributed by atoms with Crippen LogP contribution in [0.3, 0.4) is 0 Å². The van der Waals surface area contributed by atoms with E-state index in [2.05, 4.69) is 13.8 Å². The molecule has 0 aliphatic rings. The van der Waals surface area contributed by atoms with E-state index in [1.165, 1.54) is 50.7 Å². The summed E-state index contributed by atoms with van der Waals surface area (Å²) in [5.74, 6) is 0.584. The normalized spacial score (nSPS) is 11.0. The quantitative estimate of drug-likeness (QED) is 0.0814. The van der Waals surface area contributed by atoms with Crippen LogP contribution in [0.25, 0.3) is 10.9 Å². The maximum atomic E-state index is 13.7. The van der Waals surface area contributed by atoms with E-state index in [0.29, 0.717) is 36.4 Å². The third kappa shape index (κ3) is 9.86. The van der Waals surface area contributed by atoms with Gasteiger partial charge in [0.05, 0.1) is 17.0 Å². The van der Waals surface area contributed by atoms with Crippen LogP contribution in [0.1, 0.15) is 105 Å². The van der Waals surface area contributed by atoms with Crippen LogP contribution < -0.4 is 15.0 Å². The van der Waals surface area contributed by atoms with Gasteiger partial charge in [-0.3, -0.25) is 14.9 Å². The van der Waals surface area contributed by atoms with Gasteiger partial charge in [0, 0.05) is 24.1 Å². The van der Waals surface area contributed by atoms with Crippen molar-refractivity contribution in [2.24, 2.45) is 0 Å². The van der Waals surface area contributed by atoms with E-state index in [1.807, 2.05) is 19.9 Å². The molecule has 37 heavy (non-hydrogen) atoms. The van der Waals surface area contributed by atoms with Crippen molar-refractivity contribution in [3.63, 3.8) is 0 Å². The smallest absolute Gasteiger partial charge is 0.297 e. The van der Waals surface area contributed by atoms with Crippen LogP contribution in [0.2, 0.25) is 0 Å². The molecule has 2 rings (SSSR count). The minimum absolute atomic E-state index is 0.0420. The second-order valence-electron chi connectivity index (χ2n) is 10.1. The van der Waals surface area contributed by atoms with E-state index < -0.39 is 4.92 Å². The first-order chi connectivity index (χ1) is 17.9. The number of nitrogens with zero attached hydrogens (tertiary/aromatic N) is 2. The average molecular weight is 515 g/mol. The van der Waals surface area contributed by atoms with Crippen molar-refractivity contribution in [1.82, 2.24) is 4.57 Å². The van der Waals surface area contributed by atoms with Crippen LogP contribution in [0.5, 0.6) is 11.5 Å². The molecule has 0 atom stereocenters. The molecule has 2 aromatic rings. The third-order valence-electron chi connectivity index (χ3n) is 6.57. The Morgan fingerprint density at radius 2 is 1.51 bits per heavy atom. The van der Waals surface area contributed by atoms with Gasteiger partial charge in [-0.25, -0.2) is 0 Å². The molecule has 0 fully saturated rings. The van der Waals surface area contributed by atoms with Crippen molar-refractivity contribution in [2.75, 3.05) is 13.2 Å². The van der Waals surface area contributed by atoms with Crippen molar-refractivity contribution in [3.05, 3.63) is 50.3 Å². The summed E-state index contributed by atoms with van der Waals surface area (Å²) in [5, 5.41) is 12.2. The SMILES string of the molecule is CCCCCCCCOc1c(OCC=C(C)C)c2ccc([N+](=O)[O-])cc2n(CCCCCCCC)c1=O. The summed E-state index contributed by atoms with van der Waals surface area (Å²) in [6.45, 7) is 9.58. The first kappa shape index (κ1) is 30.4. The maximum Gasteiger partial charge on any atom is 0.297 e. The van der Waals surface area contributed by atoms with Gasteiger partial charge in [0.2, 0.25) is 5.75 Å². The molecular weight excluding hydrogens is 468 g/mol. The number of non-ortho nitro benzene ring substituents is 1. The van der Waals surface area contributed by atoms with Gasteiger partial charge in [0.1, 0.15) is 6.61 Å². The predicted octanol–water partition coefficient (Wildman–Crippen LogP) is 8.35. The number of nitro benzene ring substituents is 1. The zero-order valence-electron chi connectivity index (χ0n) is 23.4. The number of benzene rings is 1. The molecule has 0 radical (unpaired) electrons. The number of aromatic nitrogens is 1. The van der Waals surface area contributed by atoms with Crippen molar-refractivity contribution < 1.29 is 14.4 Å². The van der Waals surface area contributed by atoms with Gasteiger partial charge in [-0.2, -0.15) is 0 Å². The number of fused-ring (bicyclic) bond motifs is 1. The lowest BCUT2D eigenvalue weighted by Gasteiger charge is -2.18. The predicted molar refractivity (Wildman–Crippen MR) is 152 cm³/mol. The maximum absolute atomic E-state index is 13.7. The summed E-state index contributed by atoms with van der Waals surface area (Å²) >= 11 is 0. The van der Waals surface area contributed by atoms with Gasteiger partial charge in [0.15, 0.2) is 5.75 Å². The third-order valence-corrected chi connectivity index (χ3v) is 6.57. The van der Waals surface area contributed by atoms with E-state index in [0.717, 1.165) is 44.1 Å². The molecule has 0 bridgehead atoms. The summed E-state index contributed by atoms with van der Waals surface area (Å²) in [7, 11) is 0. The Morgan fingerprint density at radius 3 is 2.14 bits per heavy atom. The molecular formula is C30H46N2O5. The van der Waals surface area contributed by atoms with E-state index in [1.54, 1.807) is 10.6 Å². The van der Waals surface area contributed by atoms with E-state index in [4.69, 9.17) is 9.47 Å². The van der Waals surface area contributed by atoms with Crippen molar-refractivity contribution in [3.8, 4) is 11.5 Å². The van der Waals surface area contributed by atoms with Gasteiger partial charge >= 0.3 is 0 Å². The molecule has 1 heterocycles. The monoisotopic (exact) mass is 514 g/mol. The average Bonchev–Trinajstić information content (AvgIpc) is 2.87. The first-order valence-electron chi connectivity index (χ1n) is 14.1. The molecule has 0 spiro atoms. The first-order valence-corrected chi connectivity index (χ1v) is 14.1. The molecule has 7 heteroatoms. The molecule has 0 aliphatic heterocycles. The molecule has 0 saturated carbocycles. The van der Waals surface area contributed by atoms with Gasteiger partial charge < -0.3 is 14.0 Å². The zero-order chi connectivity index (χ0) is 27.0. The summed E-state index contributed by atoms with van der Waals surface area (Å²) < 4.78 is 13.8. The molecule has 1 aromatic heterocycles. The van der Waals surface area contributed by atoms with Crippen LogP contribution in [-0.2, 0) is 6.54 Å². The lowest BCUT2D eigenvalue weighted by molar-refractivity contribution is -0.384. The minimum atomic E-state index is -0.425. The van der Waals surface area contributed by atoms with E-state index in [-0.39, 0.29) is 17.0 Å². The largest absolute Gasteiger partial charge is 0.485 e. The molecule has 7 nitrogen and oxygen atoms in total. The number of hydrogen-bond acceptors (Lipinski definition) is 5. The second kappa shape index (κ2) is 16.8. The summed E-state index contributed by atoms with van der Waals surface area (Å²) in [4.78, 5) is 24.8. The molecule has 1 aromatic carbocycles. The number of nitro groups is 1. The Morgan fingerprint density at radius 1 is 0.892 bits per heavy atom. The number of ether oxygens (including phenoxy) is 2. The van der Waals surface area contributed by atoms with Crippen LogP contribution in [0.15, 0.2) is 34.6 Å². The Kier molecular flexibility index (Phi) is 13.8. The van der Waals surface area contributed by atoms with Gasteiger partial charge in [-0.15, -0.1) is 0 Å². The summed E-state index contributed by atoms with van der Waals surface area (Å²) in [6.07, 6.45) is 15.2. The fraction of sp³-hybridized carbons (Fsp3) is 0.633. The van der Waals surface area contributed by atoms with Crippen molar-refractivity contribution in [1.29, 1.82) is 0 Å². The highest BCUT2D eigenvalue weighted by atomic mass is 16.6. The Hall–Kier alpha value is -2.83. The van der Waals surface area contributed by atoms with Crippen LogP contribution >= 0.6 is 0 Å².